The van der Waals surface area contributed by atoms with Crippen LogP contribution in [-0.4, -0.2) is 34.0 Å². The molecule has 10 heteroatoms. The SMILES string of the molecule is C=CC(=C)N[C@H]1CCC(NC(=O)c2sc3nccc4c3c2NC(=O)N4c2ccc(Oc3ccccc3)nc2)C1. The largest absolute Gasteiger partial charge is 0.439 e. The van der Waals surface area contributed by atoms with Gasteiger partial charge < -0.3 is 20.7 Å². The Labute approximate surface area is 229 Å². The second-order valence-electron chi connectivity index (χ2n) is 9.41. The number of hydrogen-bond donors (Lipinski definition) is 3. The number of amides is 3. The molecule has 3 aromatic heterocycles. The van der Waals surface area contributed by atoms with E-state index in [1.165, 1.54) is 16.2 Å². The number of anilines is 3. The van der Waals surface area contributed by atoms with Crippen molar-refractivity contribution >= 4 is 50.6 Å². The number of aromatic nitrogens is 2. The minimum absolute atomic E-state index is 0.0240. The van der Waals surface area contributed by atoms with Crippen molar-refractivity contribution in [2.45, 2.75) is 31.3 Å². The predicted octanol–water partition coefficient (Wildman–Crippen LogP) is 6.11. The second kappa shape index (κ2) is 10.2. The van der Waals surface area contributed by atoms with E-state index in [9.17, 15) is 9.59 Å². The number of benzene rings is 1. The lowest BCUT2D eigenvalue weighted by Gasteiger charge is -2.28. The lowest BCUT2D eigenvalue weighted by Crippen LogP contribution is -2.36. The number of thiophene rings is 1. The number of pyridine rings is 2. The number of hydrogen-bond acceptors (Lipinski definition) is 7. The molecule has 1 unspecified atom stereocenters. The maximum Gasteiger partial charge on any atom is 0.331 e. The number of allylic oxidation sites excluding steroid dienone is 1. The van der Waals surface area contributed by atoms with Gasteiger partial charge in [-0.1, -0.05) is 31.4 Å². The van der Waals surface area contributed by atoms with Gasteiger partial charge >= 0.3 is 6.03 Å². The van der Waals surface area contributed by atoms with Crippen LogP contribution in [0.1, 0.15) is 28.9 Å². The third kappa shape index (κ3) is 4.82. The summed E-state index contributed by atoms with van der Waals surface area (Å²) in [5, 5.41) is 10.1. The highest BCUT2D eigenvalue weighted by atomic mass is 32.1. The molecule has 2 aliphatic rings. The molecule has 1 aliphatic carbocycles. The maximum absolute atomic E-state index is 13.3. The second-order valence-corrected chi connectivity index (χ2v) is 10.4. The van der Waals surface area contributed by atoms with E-state index < -0.39 is 0 Å². The first-order valence-corrected chi connectivity index (χ1v) is 13.4. The Bertz CT molecular complexity index is 1580. The van der Waals surface area contributed by atoms with Gasteiger partial charge in [0.05, 0.1) is 28.6 Å². The minimum atomic E-state index is -0.381. The Hall–Kier alpha value is -4.70. The Morgan fingerprint density at radius 2 is 1.90 bits per heavy atom. The van der Waals surface area contributed by atoms with E-state index >= 15 is 0 Å². The Morgan fingerprint density at radius 1 is 1.10 bits per heavy atom. The van der Waals surface area contributed by atoms with Gasteiger partial charge in [0.1, 0.15) is 15.5 Å². The molecule has 1 saturated carbocycles. The van der Waals surface area contributed by atoms with Crippen LogP contribution in [-0.2, 0) is 0 Å². The van der Waals surface area contributed by atoms with E-state index in [0.717, 1.165) is 30.3 Å². The molecule has 3 amide bonds. The van der Waals surface area contributed by atoms with Gasteiger partial charge in [0.25, 0.3) is 5.91 Å². The summed E-state index contributed by atoms with van der Waals surface area (Å²) in [6.45, 7) is 7.64. The highest BCUT2D eigenvalue weighted by molar-refractivity contribution is 7.21. The molecule has 1 fully saturated rings. The zero-order chi connectivity index (χ0) is 26.9. The molecule has 0 radical (unpaired) electrons. The molecular weight excluding hydrogens is 512 g/mol. The average Bonchev–Trinajstić information content (AvgIpc) is 3.55. The molecule has 9 nitrogen and oxygen atoms in total. The van der Waals surface area contributed by atoms with Crippen LogP contribution in [0, 0.1) is 0 Å². The van der Waals surface area contributed by atoms with E-state index in [-0.39, 0.29) is 24.0 Å². The first kappa shape index (κ1) is 24.6. The van der Waals surface area contributed by atoms with E-state index in [4.69, 9.17) is 4.74 Å². The smallest absolute Gasteiger partial charge is 0.331 e. The summed E-state index contributed by atoms with van der Waals surface area (Å²) < 4.78 is 5.78. The van der Waals surface area contributed by atoms with Crippen LogP contribution in [0.3, 0.4) is 0 Å². The standard InChI is InChI=1S/C29H26N6O3S/c1-3-17(2)32-18-9-10-19(15-18)33-27(36)26-25-24-22(13-14-30-28(24)39-26)35(29(37)34-25)20-11-12-23(31-16-20)38-21-7-5-4-6-8-21/h3-8,11-14,16,18-19,32H,1-2,9-10,15H2,(H,33,36)(H,34,37)/t18-,19?/m0/s1. The molecule has 0 saturated heterocycles. The number of carbonyl (C=O) groups excluding carboxylic acids is 2. The summed E-state index contributed by atoms with van der Waals surface area (Å²) in [5.41, 5.74) is 2.47. The van der Waals surface area contributed by atoms with Crippen LogP contribution in [0.15, 0.2) is 85.9 Å². The molecule has 6 rings (SSSR count). The van der Waals surface area contributed by atoms with Crippen LogP contribution in [0.5, 0.6) is 11.6 Å². The van der Waals surface area contributed by atoms with Crippen LogP contribution in [0.25, 0.3) is 10.2 Å². The molecule has 0 bridgehead atoms. The molecule has 2 atom stereocenters. The van der Waals surface area contributed by atoms with Crippen LogP contribution in [0.2, 0.25) is 0 Å². The van der Waals surface area contributed by atoms with Gasteiger partial charge in [0.15, 0.2) is 0 Å². The van der Waals surface area contributed by atoms with Crippen molar-refractivity contribution in [2.75, 3.05) is 10.2 Å². The third-order valence-corrected chi connectivity index (χ3v) is 7.90. The predicted molar refractivity (Wildman–Crippen MR) is 153 cm³/mol. The fraction of sp³-hybridized carbons (Fsp3) is 0.172. The van der Waals surface area contributed by atoms with E-state index in [1.807, 2.05) is 30.3 Å². The number of carbonyl (C=O) groups is 2. The van der Waals surface area contributed by atoms with Crippen LogP contribution in [0.4, 0.5) is 21.9 Å². The topological polar surface area (TPSA) is 108 Å². The molecule has 1 aromatic carbocycles. The first-order chi connectivity index (χ1) is 19.0. The van der Waals surface area contributed by atoms with E-state index in [1.54, 1.807) is 36.7 Å². The van der Waals surface area contributed by atoms with E-state index in [0.29, 0.717) is 38.4 Å². The molecule has 39 heavy (non-hydrogen) atoms. The summed E-state index contributed by atoms with van der Waals surface area (Å²) in [5.74, 6) is 0.866. The van der Waals surface area contributed by atoms with Crippen molar-refractivity contribution in [2.24, 2.45) is 0 Å². The van der Waals surface area contributed by atoms with Gasteiger partial charge in [-0.3, -0.25) is 9.69 Å². The van der Waals surface area contributed by atoms with Crippen molar-refractivity contribution in [1.82, 2.24) is 20.6 Å². The lowest BCUT2D eigenvalue weighted by molar-refractivity contribution is 0.0942. The highest BCUT2D eigenvalue weighted by Crippen LogP contribution is 2.45. The average molecular weight is 539 g/mol. The van der Waals surface area contributed by atoms with Gasteiger partial charge in [0.2, 0.25) is 5.88 Å². The first-order valence-electron chi connectivity index (χ1n) is 12.6. The Kier molecular flexibility index (Phi) is 6.45. The summed E-state index contributed by atoms with van der Waals surface area (Å²) in [6, 6.07) is 14.5. The zero-order valence-electron chi connectivity index (χ0n) is 21.0. The van der Waals surface area contributed by atoms with Crippen molar-refractivity contribution in [3.05, 3.63) is 90.7 Å². The van der Waals surface area contributed by atoms with Gasteiger partial charge in [-0.25, -0.2) is 14.8 Å². The number of nitrogens with one attached hydrogen (secondary N) is 3. The molecule has 196 valence electrons. The Balaban J connectivity index is 1.24. The minimum Gasteiger partial charge on any atom is -0.439 e. The number of urea groups is 1. The van der Waals surface area contributed by atoms with Crippen LogP contribution < -0.4 is 25.6 Å². The monoisotopic (exact) mass is 538 g/mol. The quantitative estimate of drug-likeness (QED) is 0.234. The molecule has 3 N–H and O–H groups in total. The highest BCUT2D eigenvalue weighted by Gasteiger charge is 2.34. The fourth-order valence-corrected chi connectivity index (χ4v) is 6.01. The van der Waals surface area contributed by atoms with Crippen molar-refractivity contribution in [1.29, 1.82) is 0 Å². The summed E-state index contributed by atoms with van der Waals surface area (Å²) in [7, 11) is 0. The normalized spacial score (nSPS) is 17.9. The fourth-order valence-electron chi connectivity index (χ4n) is 4.99. The lowest BCUT2D eigenvalue weighted by atomic mass is 10.1. The van der Waals surface area contributed by atoms with Crippen LogP contribution >= 0.6 is 11.3 Å². The Morgan fingerprint density at radius 3 is 2.64 bits per heavy atom. The van der Waals surface area contributed by atoms with Gasteiger partial charge in [-0.2, -0.15) is 0 Å². The maximum atomic E-state index is 13.3. The molecule has 4 aromatic rings. The number of para-hydroxylation sites is 1. The van der Waals surface area contributed by atoms with Crippen molar-refractivity contribution < 1.29 is 14.3 Å². The zero-order valence-corrected chi connectivity index (χ0v) is 21.8. The number of nitrogens with zero attached hydrogens (tertiary/aromatic N) is 3. The van der Waals surface area contributed by atoms with Gasteiger partial charge in [-0.05, 0) is 49.6 Å². The van der Waals surface area contributed by atoms with Crippen molar-refractivity contribution in [3.63, 3.8) is 0 Å². The third-order valence-electron chi connectivity index (χ3n) is 6.80. The number of rotatable bonds is 8. The molecular formula is C29H26N6O3S. The molecule has 4 heterocycles. The van der Waals surface area contributed by atoms with Crippen molar-refractivity contribution in [3.8, 4) is 11.6 Å². The summed E-state index contributed by atoms with van der Waals surface area (Å²) in [4.78, 5) is 38.2. The van der Waals surface area contributed by atoms with E-state index in [2.05, 4.69) is 39.1 Å². The molecule has 0 spiro atoms. The molecule has 1 aliphatic heterocycles. The summed E-state index contributed by atoms with van der Waals surface area (Å²) >= 11 is 1.27. The summed E-state index contributed by atoms with van der Waals surface area (Å²) in [6.07, 6.45) is 7.49. The van der Waals surface area contributed by atoms with Gasteiger partial charge in [0, 0.05) is 30.0 Å². The number of ether oxygens (including phenoxy) is 1. The van der Waals surface area contributed by atoms with Gasteiger partial charge in [-0.15, -0.1) is 11.3 Å².